The zero-order chi connectivity index (χ0) is 21.6. The molecule has 1 N–H and O–H groups in total. The zero-order valence-corrected chi connectivity index (χ0v) is 18.3. The van der Waals surface area contributed by atoms with Crippen LogP contribution in [0.1, 0.15) is 36.9 Å². The van der Waals surface area contributed by atoms with Gasteiger partial charge in [-0.3, -0.25) is 9.69 Å². The van der Waals surface area contributed by atoms with E-state index in [2.05, 4.69) is 45.5 Å². The topological polar surface area (TPSA) is 71.3 Å². The number of hydrogen-bond donors (Lipinski definition) is 1. The minimum Gasteiger partial charge on any atom is -0.338 e. The van der Waals surface area contributed by atoms with Crippen LogP contribution >= 0.6 is 11.3 Å². The van der Waals surface area contributed by atoms with Gasteiger partial charge in [0.1, 0.15) is 0 Å². The molecule has 2 heterocycles. The normalized spacial score (nSPS) is 12.1. The zero-order valence-electron chi connectivity index (χ0n) is 17.5. The second kappa shape index (κ2) is 9.68. The van der Waals surface area contributed by atoms with Crippen molar-refractivity contribution >= 4 is 22.9 Å². The fourth-order valence-corrected chi connectivity index (χ4v) is 4.09. The summed E-state index contributed by atoms with van der Waals surface area (Å²) < 4.78 is 5.57. The first-order valence-corrected chi connectivity index (χ1v) is 11.0. The lowest BCUT2D eigenvalue weighted by Crippen LogP contribution is -2.26. The Morgan fingerprint density at radius 1 is 1.10 bits per heavy atom. The number of nitrogens with zero attached hydrogens (tertiary/aromatic N) is 3. The highest BCUT2D eigenvalue weighted by atomic mass is 32.1. The molecule has 0 unspecified atom stereocenters. The third kappa shape index (κ3) is 5.45. The van der Waals surface area contributed by atoms with Crippen LogP contribution in [-0.2, 0) is 17.9 Å². The van der Waals surface area contributed by atoms with Crippen LogP contribution in [0.15, 0.2) is 76.6 Å². The third-order valence-electron chi connectivity index (χ3n) is 5.01. The predicted octanol–water partition coefficient (Wildman–Crippen LogP) is 5.52. The lowest BCUT2D eigenvalue weighted by molar-refractivity contribution is -0.114. The van der Waals surface area contributed by atoms with Crippen molar-refractivity contribution in [3.8, 4) is 10.7 Å². The van der Waals surface area contributed by atoms with Crippen LogP contribution in [0.3, 0.4) is 0 Å². The summed E-state index contributed by atoms with van der Waals surface area (Å²) in [5.74, 6) is 1.10. The number of carbonyl (C=O) groups excluding carboxylic acids is 1. The Balaban J connectivity index is 1.59. The van der Waals surface area contributed by atoms with Crippen LogP contribution in [-0.4, -0.2) is 20.9 Å². The van der Waals surface area contributed by atoms with Crippen molar-refractivity contribution in [2.24, 2.45) is 0 Å². The number of nitrogens with one attached hydrogen (secondary N) is 1. The summed E-state index contributed by atoms with van der Waals surface area (Å²) in [4.78, 5) is 19.3. The minimum absolute atomic E-state index is 0.0611. The smallest absolute Gasteiger partial charge is 0.241 e. The lowest BCUT2D eigenvalue weighted by atomic mass is 10.0. The van der Waals surface area contributed by atoms with E-state index < -0.39 is 0 Å². The van der Waals surface area contributed by atoms with Gasteiger partial charge in [-0.2, -0.15) is 4.98 Å². The van der Waals surface area contributed by atoms with E-state index in [-0.39, 0.29) is 11.9 Å². The van der Waals surface area contributed by atoms with Crippen molar-refractivity contribution in [1.29, 1.82) is 0 Å². The number of thiophene rings is 1. The van der Waals surface area contributed by atoms with Gasteiger partial charge in [-0.25, -0.2) is 0 Å². The summed E-state index contributed by atoms with van der Waals surface area (Å²) in [6, 6.07) is 22.3. The van der Waals surface area contributed by atoms with Crippen molar-refractivity contribution in [2.75, 3.05) is 5.32 Å². The van der Waals surface area contributed by atoms with E-state index in [1.807, 2.05) is 53.9 Å². The predicted molar refractivity (Wildman–Crippen MR) is 122 cm³/mol. The third-order valence-corrected chi connectivity index (χ3v) is 5.88. The van der Waals surface area contributed by atoms with Crippen molar-refractivity contribution in [3.05, 3.63) is 89.1 Å². The molecule has 0 aliphatic heterocycles. The molecule has 6 nitrogen and oxygen atoms in total. The summed E-state index contributed by atoms with van der Waals surface area (Å²) in [6.07, 6.45) is 0. The fraction of sp³-hybridized carbons (Fsp3) is 0.208. The second-order valence-corrected chi connectivity index (χ2v) is 8.31. The highest BCUT2D eigenvalue weighted by Gasteiger charge is 2.21. The quantitative estimate of drug-likeness (QED) is 0.397. The van der Waals surface area contributed by atoms with Gasteiger partial charge >= 0.3 is 0 Å². The van der Waals surface area contributed by atoms with Gasteiger partial charge in [-0.05, 0) is 41.6 Å². The van der Waals surface area contributed by atoms with E-state index in [0.29, 0.717) is 18.3 Å². The van der Waals surface area contributed by atoms with Gasteiger partial charge in [0.05, 0.1) is 11.4 Å². The average Bonchev–Trinajstić information content (AvgIpc) is 3.45. The monoisotopic (exact) mass is 432 g/mol. The summed E-state index contributed by atoms with van der Waals surface area (Å²) in [6.45, 7) is 4.90. The maximum absolute atomic E-state index is 11.5. The molecule has 158 valence electrons. The van der Waals surface area contributed by atoms with Gasteiger partial charge in [0.25, 0.3) is 0 Å². The van der Waals surface area contributed by atoms with Gasteiger partial charge in [-0.1, -0.05) is 53.7 Å². The standard InChI is InChI=1S/C24H24N4O2S/c1-17(20-10-6-11-21(14-20)25-18(2)29)28(15-19-8-4-3-5-9-19)16-23-26-24(27-30-23)22-12-7-13-31-22/h3-14,17H,15-16H2,1-2H3,(H,25,29)/t17-/m1/s1. The molecule has 0 radical (unpaired) electrons. The molecule has 0 aliphatic rings. The molecular formula is C24H24N4O2S. The van der Waals surface area contributed by atoms with E-state index >= 15 is 0 Å². The number of benzene rings is 2. The first kappa shape index (κ1) is 21.0. The van der Waals surface area contributed by atoms with Crippen molar-refractivity contribution in [2.45, 2.75) is 33.0 Å². The Kier molecular flexibility index (Phi) is 6.54. The van der Waals surface area contributed by atoms with Gasteiger partial charge in [0.2, 0.25) is 17.6 Å². The maximum Gasteiger partial charge on any atom is 0.241 e. The van der Waals surface area contributed by atoms with E-state index in [1.54, 1.807) is 11.3 Å². The number of hydrogen-bond acceptors (Lipinski definition) is 6. The molecule has 1 amide bonds. The molecule has 1 atom stereocenters. The van der Waals surface area contributed by atoms with Gasteiger partial charge < -0.3 is 9.84 Å². The van der Waals surface area contributed by atoms with Crippen LogP contribution < -0.4 is 5.32 Å². The van der Waals surface area contributed by atoms with Crippen LogP contribution in [0.25, 0.3) is 10.7 Å². The van der Waals surface area contributed by atoms with Crippen LogP contribution in [0.2, 0.25) is 0 Å². The van der Waals surface area contributed by atoms with Crippen LogP contribution in [0.5, 0.6) is 0 Å². The molecule has 7 heteroatoms. The molecule has 31 heavy (non-hydrogen) atoms. The van der Waals surface area contributed by atoms with Crippen molar-refractivity contribution < 1.29 is 9.32 Å². The van der Waals surface area contributed by atoms with Gasteiger partial charge in [0, 0.05) is 25.2 Å². The largest absolute Gasteiger partial charge is 0.338 e. The molecule has 2 aromatic carbocycles. The Hall–Kier alpha value is -3.29. The molecule has 0 aliphatic carbocycles. The summed E-state index contributed by atoms with van der Waals surface area (Å²) in [7, 11) is 0. The maximum atomic E-state index is 11.5. The van der Waals surface area contributed by atoms with E-state index in [1.165, 1.54) is 12.5 Å². The molecule has 4 rings (SSSR count). The van der Waals surface area contributed by atoms with Crippen LogP contribution in [0, 0.1) is 0 Å². The number of amides is 1. The molecule has 0 bridgehead atoms. The Morgan fingerprint density at radius 3 is 2.68 bits per heavy atom. The fourth-order valence-electron chi connectivity index (χ4n) is 3.44. The highest BCUT2D eigenvalue weighted by molar-refractivity contribution is 7.13. The number of rotatable bonds is 8. The first-order chi connectivity index (χ1) is 15.1. The van der Waals surface area contributed by atoms with Gasteiger partial charge in [0.15, 0.2) is 0 Å². The van der Waals surface area contributed by atoms with Crippen LogP contribution in [0.4, 0.5) is 5.69 Å². The molecule has 0 saturated heterocycles. The minimum atomic E-state index is -0.0853. The van der Waals surface area contributed by atoms with Gasteiger partial charge in [-0.15, -0.1) is 11.3 Å². The second-order valence-electron chi connectivity index (χ2n) is 7.36. The Morgan fingerprint density at radius 2 is 1.94 bits per heavy atom. The Bertz CT molecular complexity index is 1130. The highest BCUT2D eigenvalue weighted by Crippen LogP contribution is 2.27. The molecule has 0 fully saturated rings. The molecular weight excluding hydrogens is 408 g/mol. The lowest BCUT2D eigenvalue weighted by Gasteiger charge is -2.28. The Labute approximate surface area is 185 Å². The number of aromatic nitrogens is 2. The average molecular weight is 433 g/mol. The SMILES string of the molecule is CC(=O)Nc1cccc([C@@H](C)N(Cc2ccccc2)Cc2nc(-c3cccs3)no2)c1. The first-order valence-electron chi connectivity index (χ1n) is 10.1. The molecule has 0 saturated carbocycles. The molecule has 4 aromatic rings. The number of carbonyl (C=O) groups is 1. The van der Waals surface area contributed by atoms with Crippen molar-refractivity contribution in [1.82, 2.24) is 15.0 Å². The summed E-state index contributed by atoms with van der Waals surface area (Å²) in [5, 5.41) is 9.01. The summed E-state index contributed by atoms with van der Waals surface area (Å²) in [5.41, 5.74) is 3.08. The number of anilines is 1. The molecule has 0 spiro atoms. The molecule has 2 aromatic heterocycles. The van der Waals surface area contributed by atoms with E-state index in [9.17, 15) is 4.79 Å². The van der Waals surface area contributed by atoms with E-state index in [0.717, 1.165) is 22.7 Å². The van der Waals surface area contributed by atoms with Crippen molar-refractivity contribution in [3.63, 3.8) is 0 Å². The summed E-state index contributed by atoms with van der Waals surface area (Å²) >= 11 is 1.59. The van der Waals surface area contributed by atoms with E-state index in [4.69, 9.17) is 4.52 Å².